The van der Waals surface area contributed by atoms with Crippen molar-refractivity contribution in [2.45, 2.75) is 44.8 Å². The van der Waals surface area contributed by atoms with Crippen molar-refractivity contribution < 1.29 is 14.3 Å². The number of benzene rings is 2. The molecule has 3 nitrogen and oxygen atoms in total. The van der Waals surface area contributed by atoms with Gasteiger partial charge in [0.2, 0.25) is 0 Å². The molecule has 0 saturated heterocycles. The Kier molecular flexibility index (Phi) is 8.47. The van der Waals surface area contributed by atoms with Crippen molar-refractivity contribution >= 4 is 18.7 Å². The van der Waals surface area contributed by atoms with E-state index in [4.69, 9.17) is 14.3 Å². The van der Waals surface area contributed by atoms with Crippen molar-refractivity contribution in [1.29, 1.82) is 0 Å². The van der Waals surface area contributed by atoms with Gasteiger partial charge in [-0.3, -0.25) is 0 Å². The number of hydrogen-bond acceptors (Lipinski definition) is 3. The van der Waals surface area contributed by atoms with Crippen LogP contribution in [0.5, 0.6) is 0 Å². The molecule has 2 aromatic carbocycles. The minimum absolute atomic E-state index is 0.0208. The molecular weight excluding hydrogens is 364 g/mol. The summed E-state index contributed by atoms with van der Waals surface area (Å²) in [6.45, 7) is 7.35. The maximum Gasteiger partial charge on any atom is 0.261 e. The smallest absolute Gasteiger partial charge is 0.261 e. The van der Waals surface area contributed by atoms with Crippen LogP contribution in [0, 0.1) is 11.8 Å². The zero-order valence-corrected chi connectivity index (χ0v) is 18.4. The highest BCUT2D eigenvalue weighted by atomic mass is 28.4. The molecular formula is C24H32O3Si. The molecule has 0 aliphatic carbocycles. The van der Waals surface area contributed by atoms with Crippen molar-refractivity contribution in [3.05, 3.63) is 60.7 Å². The molecule has 4 heteroatoms. The molecule has 0 saturated carbocycles. The molecule has 0 bridgehead atoms. The molecule has 28 heavy (non-hydrogen) atoms. The fraction of sp³-hybridized carbons (Fsp3) is 0.417. The fourth-order valence-corrected chi connectivity index (χ4v) is 8.27. The lowest BCUT2D eigenvalue weighted by Crippen LogP contribution is -2.66. The molecule has 0 aliphatic rings. The van der Waals surface area contributed by atoms with Crippen LogP contribution >= 0.6 is 0 Å². The van der Waals surface area contributed by atoms with E-state index in [9.17, 15) is 0 Å². The van der Waals surface area contributed by atoms with Crippen LogP contribution in [-0.2, 0) is 9.16 Å². The summed E-state index contributed by atoms with van der Waals surface area (Å²) < 4.78 is 12.2. The first kappa shape index (κ1) is 22.4. The summed E-state index contributed by atoms with van der Waals surface area (Å²) in [5.74, 6) is 5.62. The number of hydrogen-bond donors (Lipinski definition) is 1. The first-order valence-corrected chi connectivity index (χ1v) is 11.7. The van der Waals surface area contributed by atoms with E-state index in [2.05, 4.69) is 93.3 Å². The second-order valence-electron chi connectivity index (χ2n) is 7.86. The third kappa shape index (κ3) is 5.33. The molecule has 0 aliphatic heterocycles. The highest BCUT2D eigenvalue weighted by molar-refractivity contribution is 6.99. The van der Waals surface area contributed by atoms with Gasteiger partial charge in [0, 0.05) is 13.7 Å². The van der Waals surface area contributed by atoms with Crippen molar-refractivity contribution in [1.82, 2.24) is 0 Å². The molecule has 1 N–H and O–H groups in total. The minimum Gasteiger partial charge on any atom is -0.407 e. The van der Waals surface area contributed by atoms with Crippen LogP contribution in [0.15, 0.2) is 60.7 Å². The largest absolute Gasteiger partial charge is 0.407 e. The molecule has 1 unspecified atom stereocenters. The molecule has 2 rings (SSSR count). The number of rotatable bonds is 8. The average molecular weight is 397 g/mol. The summed E-state index contributed by atoms with van der Waals surface area (Å²) >= 11 is 0. The summed E-state index contributed by atoms with van der Waals surface area (Å²) in [7, 11) is -0.821. The third-order valence-electron chi connectivity index (χ3n) is 4.97. The molecule has 0 aromatic heterocycles. The molecule has 1 atom stereocenters. The Morgan fingerprint density at radius 1 is 0.964 bits per heavy atom. The normalized spacial score (nSPS) is 12.9. The molecule has 0 amide bonds. The second kappa shape index (κ2) is 10.6. The van der Waals surface area contributed by atoms with Gasteiger partial charge < -0.3 is 14.3 Å². The van der Waals surface area contributed by atoms with E-state index < -0.39 is 8.32 Å². The van der Waals surface area contributed by atoms with Crippen LogP contribution < -0.4 is 10.4 Å². The van der Waals surface area contributed by atoms with Crippen LogP contribution in [0.4, 0.5) is 0 Å². The zero-order valence-electron chi connectivity index (χ0n) is 17.4. The van der Waals surface area contributed by atoms with Crippen LogP contribution in [0.25, 0.3) is 0 Å². The van der Waals surface area contributed by atoms with Gasteiger partial charge in [-0.1, -0.05) is 93.3 Å². The third-order valence-corrected chi connectivity index (χ3v) is 10.0. The number of aliphatic hydroxyl groups excluding tert-OH is 1. The Morgan fingerprint density at radius 3 is 1.93 bits per heavy atom. The van der Waals surface area contributed by atoms with E-state index in [1.807, 2.05) is 0 Å². The predicted octanol–water partition coefficient (Wildman–Crippen LogP) is 3.35. The van der Waals surface area contributed by atoms with Gasteiger partial charge in [0.15, 0.2) is 0 Å². The zero-order chi connectivity index (χ0) is 20.5. The summed E-state index contributed by atoms with van der Waals surface area (Å²) in [5, 5.41) is 11.4. The maximum atomic E-state index is 8.88. The second-order valence-corrected chi connectivity index (χ2v) is 12.2. The van der Waals surface area contributed by atoms with Crippen LogP contribution in [0.2, 0.25) is 5.04 Å². The average Bonchev–Trinajstić information content (AvgIpc) is 2.70. The van der Waals surface area contributed by atoms with Crippen molar-refractivity contribution in [2.75, 3.05) is 20.3 Å². The SMILES string of the molecule is COC(C#CCO)CCCO[Si](c1ccccc1)(c1ccccc1)C(C)(C)C. The monoisotopic (exact) mass is 396 g/mol. The lowest BCUT2D eigenvalue weighted by molar-refractivity contribution is 0.132. The van der Waals surface area contributed by atoms with Gasteiger partial charge in [-0.2, -0.15) is 0 Å². The summed E-state index contributed by atoms with van der Waals surface area (Å²) in [5.41, 5.74) is 0. The Hall–Kier alpha value is -1.90. The number of aliphatic hydroxyl groups is 1. The Labute approximate surface area is 170 Å². The highest BCUT2D eigenvalue weighted by Gasteiger charge is 2.49. The van der Waals surface area contributed by atoms with Gasteiger partial charge in [0.25, 0.3) is 8.32 Å². The summed E-state index contributed by atoms with van der Waals surface area (Å²) in [4.78, 5) is 0. The Bertz CT molecular complexity index is 718. The molecule has 2 aromatic rings. The van der Waals surface area contributed by atoms with E-state index >= 15 is 0 Å². The van der Waals surface area contributed by atoms with Crippen LogP contribution in [0.3, 0.4) is 0 Å². The van der Waals surface area contributed by atoms with E-state index in [1.54, 1.807) is 7.11 Å². The summed E-state index contributed by atoms with van der Waals surface area (Å²) in [6, 6.07) is 21.3. The first-order chi connectivity index (χ1) is 13.5. The van der Waals surface area contributed by atoms with Crippen molar-refractivity contribution in [3.8, 4) is 11.8 Å². The van der Waals surface area contributed by atoms with Crippen molar-refractivity contribution in [3.63, 3.8) is 0 Å². The molecule has 0 radical (unpaired) electrons. The standard InChI is InChI=1S/C24H32O3Si/c1-24(2,3)28(22-15-7-5-8-16-22,23-17-9-6-10-18-23)27-20-12-14-21(26-4)13-11-19-25/h5-10,15-18,21,25H,12,14,19-20H2,1-4H3. The maximum absolute atomic E-state index is 8.88. The predicted molar refractivity (Wildman–Crippen MR) is 118 cm³/mol. The Morgan fingerprint density at radius 2 is 1.50 bits per heavy atom. The molecule has 0 fully saturated rings. The lowest BCUT2D eigenvalue weighted by Gasteiger charge is -2.43. The molecule has 150 valence electrons. The minimum atomic E-state index is -2.47. The number of ether oxygens (including phenoxy) is 1. The fourth-order valence-electron chi connectivity index (χ4n) is 3.66. The van der Waals surface area contributed by atoms with E-state index in [0.717, 1.165) is 12.8 Å². The van der Waals surface area contributed by atoms with Gasteiger partial charge in [0.1, 0.15) is 12.7 Å². The topological polar surface area (TPSA) is 38.7 Å². The molecule has 0 spiro atoms. The van der Waals surface area contributed by atoms with Crippen LogP contribution in [0.1, 0.15) is 33.6 Å². The molecule has 0 heterocycles. The van der Waals surface area contributed by atoms with Gasteiger partial charge in [-0.25, -0.2) is 0 Å². The van der Waals surface area contributed by atoms with Crippen LogP contribution in [-0.4, -0.2) is 39.9 Å². The van der Waals surface area contributed by atoms with E-state index in [0.29, 0.717) is 6.61 Å². The van der Waals surface area contributed by atoms with E-state index in [-0.39, 0.29) is 17.7 Å². The summed E-state index contributed by atoms with van der Waals surface area (Å²) in [6.07, 6.45) is 1.46. The van der Waals surface area contributed by atoms with Crippen molar-refractivity contribution in [2.24, 2.45) is 0 Å². The van der Waals surface area contributed by atoms with Gasteiger partial charge in [-0.05, 0) is 28.3 Å². The van der Waals surface area contributed by atoms with Gasteiger partial charge in [-0.15, -0.1) is 0 Å². The van der Waals surface area contributed by atoms with Gasteiger partial charge >= 0.3 is 0 Å². The van der Waals surface area contributed by atoms with Gasteiger partial charge in [0.05, 0.1) is 0 Å². The lowest BCUT2D eigenvalue weighted by atomic mass is 10.2. The number of methoxy groups -OCH3 is 1. The van der Waals surface area contributed by atoms with E-state index in [1.165, 1.54) is 10.4 Å². The quantitative estimate of drug-likeness (QED) is 0.422. The Balaban J connectivity index is 2.29. The first-order valence-electron chi connectivity index (χ1n) is 9.82. The highest BCUT2D eigenvalue weighted by Crippen LogP contribution is 2.36.